The van der Waals surface area contributed by atoms with Crippen molar-refractivity contribution in [2.24, 2.45) is 17.4 Å². The quantitative estimate of drug-likeness (QED) is 0.540. The molecule has 1 saturated carbocycles. The van der Waals surface area contributed by atoms with Crippen LogP contribution in [0.25, 0.3) is 0 Å². The number of hydrogen-bond acceptors (Lipinski definition) is 2. The van der Waals surface area contributed by atoms with Gasteiger partial charge in [-0.15, -0.1) is 0 Å². The van der Waals surface area contributed by atoms with Gasteiger partial charge in [0.1, 0.15) is 0 Å². The van der Waals surface area contributed by atoms with E-state index in [4.69, 9.17) is 11.5 Å². The highest BCUT2D eigenvalue weighted by molar-refractivity contribution is 5.76. The third kappa shape index (κ3) is 1.70. The molecule has 0 radical (unpaired) electrons. The Morgan fingerprint density at radius 1 is 1.40 bits per heavy atom. The highest BCUT2D eigenvalue weighted by Gasteiger charge is 2.22. The first-order valence-electron chi connectivity index (χ1n) is 3.75. The molecule has 0 aromatic rings. The maximum atomic E-state index is 10.7. The molecule has 0 spiro atoms. The number of rotatable bonds is 1. The van der Waals surface area contributed by atoms with E-state index >= 15 is 0 Å². The summed E-state index contributed by atoms with van der Waals surface area (Å²) >= 11 is 0. The zero-order valence-corrected chi connectivity index (χ0v) is 6.05. The second-order valence-corrected chi connectivity index (χ2v) is 3.03. The summed E-state index contributed by atoms with van der Waals surface area (Å²) in [6.07, 6.45) is 3.82. The summed E-state index contributed by atoms with van der Waals surface area (Å²) in [5.41, 5.74) is 10.8. The van der Waals surface area contributed by atoms with Gasteiger partial charge in [0.05, 0.1) is 0 Å². The van der Waals surface area contributed by atoms with Crippen molar-refractivity contribution in [3.63, 3.8) is 0 Å². The van der Waals surface area contributed by atoms with E-state index in [1.165, 1.54) is 0 Å². The van der Waals surface area contributed by atoms with E-state index < -0.39 is 0 Å². The van der Waals surface area contributed by atoms with Crippen LogP contribution >= 0.6 is 0 Å². The van der Waals surface area contributed by atoms with Gasteiger partial charge in [0.15, 0.2) is 0 Å². The van der Waals surface area contributed by atoms with Gasteiger partial charge in [0.2, 0.25) is 5.91 Å². The molecule has 3 nitrogen and oxygen atoms in total. The van der Waals surface area contributed by atoms with Crippen LogP contribution in [-0.2, 0) is 4.79 Å². The molecule has 1 amide bonds. The van der Waals surface area contributed by atoms with Crippen molar-refractivity contribution in [1.29, 1.82) is 0 Å². The SMILES string of the molecule is NC(=O)[C@@H]1CCC[C@@H](N)C1. The molecule has 0 aromatic carbocycles. The van der Waals surface area contributed by atoms with Gasteiger partial charge in [-0.3, -0.25) is 4.79 Å². The Bertz CT molecular complexity index is 136. The van der Waals surface area contributed by atoms with Crippen molar-refractivity contribution in [3.05, 3.63) is 0 Å². The van der Waals surface area contributed by atoms with E-state index in [2.05, 4.69) is 0 Å². The number of nitrogens with two attached hydrogens (primary N) is 2. The molecule has 58 valence electrons. The lowest BCUT2D eigenvalue weighted by Gasteiger charge is -2.23. The molecule has 10 heavy (non-hydrogen) atoms. The number of carbonyl (C=O) groups excluding carboxylic acids is 1. The van der Waals surface area contributed by atoms with Crippen LogP contribution in [0.4, 0.5) is 0 Å². The standard InChI is InChI=1S/C7H14N2O/c8-6-3-1-2-5(4-6)7(9)10/h5-6H,1-4,8H2,(H2,9,10)/t5-,6-/m1/s1. The maximum absolute atomic E-state index is 10.7. The van der Waals surface area contributed by atoms with Crippen molar-refractivity contribution in [2.45, 2.75) is 31.7 Å². The van der Waals surface area contributed by atoms with Crippen LogP contribution in [0.5, 0.6) is 0 Å². The van der Waals surface area contributed by atoms with Gasteiger partial charge in [-0.25, -0.2) is 0 Å². The molecule has 1 aliphatic carbocycles. The van der Waals surface area contributed by atoms with E-state index in [-0.39, 0.29) is 17.9 Å². The highest BCUT2D eigenvalue weighted by atomic mass is 16.1. The molecule has 0 aromatic heterocycles. The molecule has 0 saturated heterocycles. The van der Waals surface area contributed by atoms with Crippen LogP contribution in [0.2, 0.25) is 0 Å². The van der Waals surface area contributed by atoms with Gasteiger partial charge in [-0.05, 0) is 19.3 Å². The topological polar surface area (TPSA) is 69.1 Å². The van der Waals surface area contributed by atoms with Gasteiger partial charge in [-0.1, -0.05) is 6.42 Å². The first-order chi connectivity index (χ1) is 4.70. The summed E-state index contributed by atoms with van der Waals surface area (Å²) in [5, 5.41) is 0. The van der Waals surface area contributed by atoms with E-state index in [1.54, 1.807) is 0 Å². The number of hydrogen-bond donors (Lipinski definition) is 2. The summed E-state index contributed by atoms with van der Waals surface area (Å²) in [6.45, 7) is 0. The number of carbonyl (C=O) groups is 1. The number of primary amides is 1. The van der Waals surface area contributed by atoms with Crippen molar-refractivity contribution in [2.75, 3.05) is 0 Å². The highest BCUT2D eigenvalue weighted by Crippen LogP contribution is 2.22. The predicted octanol–water partition coefficient (Wildman–Crippen LogP) is -0.0108. The molecular weight excluding hydrogens is 128 g/mol. The normalized spacial score (nSPS) is 33.7. The second-order valence-electron chi connectivity index (χ2n) is 3.03. The minimum atomic E-state index is -0.185. The molecular formula is C7H14N2O. The second kappa shape index (κ2) is 3.01. The zero-order chi connectivity index (χ0) is 7.56. The lowest BCUT2D eigenvalue weighted by Crippen LogP contribution is -2.34. The zero-order valence-electron chi connectivity index (χ0n) is 6.05. The Balaban J connectivity index is 2.39. The Labute approximate surface area is 60.8 Å². The molecule has 0 heterocycles. The lowest BCUT2D eigenvalue weighted by atomic mass is 9.86. The fourth-order valence-electron chi connectivity index (χ4n) is 1.49. The predicted molar refractivity (Wildman–Crippen MR) is 39.1 cm³/mol. The molecule has 2 atom stereocenters. The summed E-state index contributed by atoms with van der Waals surface area (Å²) in [6, 6.07) is 0.200. The minimum Gasteiger partial charge on any atom is -0.369 e. The van der Waals surface area contributed by atoms with Gasteiger partial charge >= 0.3 is 0 Å². The molecule has 0 bridgehead atoms. The summed E-state index contributed by atoms with van der Waals surface area (Å²) < 4.78 is 0. The smallest absolute Gasteiger partial charge is 0.220 e. The Hall–Kier alpha value is -0.570. The van der Waals surface area contributed by atoms with E-state index in [0.29, 0.717) is 0 Å². The van der Waals surface area contributed by atoms with Crippen molar-refractivity contribution in [1.82, 2.24) is 0 Å². The summed E-state index contributed by atoms with van der Waals surface area (Å²) in [4.78, 5) is 10.7. The summed E-state index contributed by atoms with van der Waals surface area (Å²) in [7, 11) is 0. The fourth-order valence-corrected chi connectivity index (χ4v) is 1.49. The summed E-state index contributed by atoms with van der Waals surface area (Å²) in [5.74, 6) is -0.140. The van der Waals surface area contributed by atoms with Gasteiger partial charge in [-0.2, -0.15) is 0 Å². The van der Waals surface area contributed by atoms with Crippen LogP contribution in [-0.4, -0.2) is 11.9 Å². The Morgan fingerprint density at radius 3 is 2.50 bits per heavy atom. The third-order valence-electron chi connectivity index (χ3n) is 2.12. The largest absolute Gasteiger partial charge is 0.369 e. The van der Waals surface area contributed by atoms with Crippen molar-refractivity contribution >= 4 is 5.91 Å². The Kier molecular flexibility index (Phi) is 2.27. The first-order valence-corrected chi connectivity index (χ1v) is 3.75. The molecule has 0 unspecified atom stereocenters. The van der Waals surface area contributed by atoms with Crippen molar-refractivity contribution < 1.29 is 4.79 Å². The molecule has 3 heteroatoms. The number of amides is 1. The average Bonchev–Trinajstić information content (AvgIpc) is 1.88. The van der Waals surface area contributed by atoms with Crippen LogP contribution in [0, 0.1) is 5.92 Å². The Morgan fingerprint density at radius 2 is 2.10 bits per heavy atom. The lowest BCUT2D eigenvalue weighted by molar-refractivity contribution is -0.122. The monoisotopic (exact) mass is 142 g/mol. The first kappa shape index (κ1) is 7.54. The van der Waals surface area contributed by atoms with Crippen LogP contribution in [0.1, 0.15) is 25.7 Å². The van der Waals surface area contributed by atoms with Gasteiger partial charge < -0.3 is 11.5 Å². The average molecular weight is 142 g/mol. The van der Waals surface area contributed by atoms with Crippen LogP contribution in [0.3, 0.4) is 0 Å². The van der Waals surface area contributed by atoms with Crippen LogP contribution < -0.4 is 11.5 Å². The maximum Gasteiger partial charge on any atom is 0.220 e. The molecule has 1 rings (SSSR count). The van der Waals surface area contributed by atoms with E-state index in [0.717, 1.165) is 25.7 Å². The van der Waals surface area contributed by atoms with E-state index in [9.17, 15) is 4.79 Å². The third-order valence-corrected chi connectivity index (χ3v) is 2.12. The van der Waals surface area contributed by atoms with Crippen molar-refractivity contribution in [3.8, 4) is 0 Å². The van der Waals surface area contributed by atoms with Gasteiger partial charge in [0, 0.05) is 12.0 Å². The molecule has 0 aliphatic heterocycles. The minimum absolute atomic E-state index is 0.0451. The molecule has 1 aliphatic rings. The molecule has 4 N–H and O–H groups in total. The van der Waals surface area contributed by atoms with E-state index in [1.807, 2.05) is 0 Å². The fraction of sp³-hybridized carbons (Fsp3) is 0.857. The molecule has 1 fully saturated rings. The van der Waals surface area contributed by atoms with Crippen LogP contribution in [0.15, 0.2) is 0 Å². The van der Waals surface area contributed by atoms with Gasteiger partial charge in [0.25, 0.3) is 0 Å².